The highest BCUT2D eigenvalue weighted by molar-refractivity contribution is 5.91. The lowest BCUT2D eigenvalue weighted by molar-refractivity contribution is -0.115. The summed E-state index contributed by atoms with van der Waals surface area (Å²) in [4.78, 5) is 15.4. The van der Waals surface area contributed by atoms with Crippen molar-refractivity contribution in [2.24, 2.45) is 0 Å². The zero-order valence-corrected chi connectivity index (χ0v) is 8.50. The number of carbonyl (C=O) groups excluding carboxylic acids is 1. The van der Waals surface area contributed by atoms with Crippen molar-refractivity contribution in [3.63, 3.8) is 0 Å². The van der Waals surface area contributed by atoms with Crippen LogP contribution in [0, 0.1) is 6.92 Å². The monoisotopic (exact) mass is 193 g/mol. The average Bonchev–Trinajstić information content (AvgIpc) is 2.18. The molecular formula is C10H15N3O. The number of nitrogens with one attached hydrogen (secondary N) is 2. The molecule has 4 heteroatoms. The number of hydrogen-bond donors (Lipinski definition) is 2. The number of rotatable bonds is 4. The number of amides is 1. The van der Waals surface area contributed by atoms with E-state index in [9.17, 15) is 4.79 Å². The molecule has 1 heterocycles. The van der Waals surface area contributed by atoms with Crippen molar-refractivity contribution >= 4 is 11.7 Å². The van der Waals surface area contributed by atoms with Gasteiger partial charge in [-0.1, -0.05) is 13.0 Å². The first kappa shape index (κ1) is 10.7. The van der Waals surface area contributed by atoms with Crippen LogP contribution in [0.5, 0.6) is 0 Å². The van der Waals surface area contributed by atoms with Crippen LogP contribution >= 0.6 is 0 Å². The van der Waals surface area contributed by atoms with Gasteiger partial charge in [-0.05, 0) is 25.1 Å². The second-order valence-corrected chi connectivity index (χ2v) is 3.00. The summed E-state index contributed by atoms with van der Waals surface area (Å²) in [5.74, 6) is 0.573. The Labute approximate surface area is 83.7 Å². The maximum Gasteiger partial charge on any atom is 0.239 e. The minimum Gasteiger partial charge on any atom is -0.309 e. The Morgan fingerprint density at radius 3 is 3.00 bits per heavy atom. The number of pyridine rings is 1. The molecule has 0 aromatic carbocycles. The molecule has 1 amide bonds. The highest BCUT2D eigenvalue weighted by Crippen LogP contribution is 2.08. The zero-order chi connectivity index (χ0) is 10.4. The van der Waals surface area contributed by atoms with Gasteiger partial charge in [0.1, 0.15) is 5.82 Å². The Hall–Kier alpha value is -1.42. The lowest BCUT2D eigenvalue weighted by atomic mass is 10.3. The largest absolute Gasteiger partial charge is 0.309 e. The van der Waals surface area contributed by atoms with E-state index in [2.05, 4.69) is 15.6 Å². The average molecular weight is 193 g/mol. The van der Waals surface area contributed by atoms with Gasteiger partial charge in [0.2, 0.25) is 5.91 Å². The van der Waals surface area contributed by atoms with Gasteiger partial charge < -0.3 is 10.6 Å². The van der Waals surface area contributed by atoms with Crippen molar-refractivity contribution in [1.82, 2.24) is 10.3 Å². The van der Waals surface area contributed by atoms with Crippen LogP contribution in [0.2, 0.25) is 0 Å². The Morgan fingerprint density at radius 1 is 1.57 bits per heavy atom. The Kier molecular flexibility index (Phi) is 4.07. The van der Waals surface area contributed by atoms with E-state index in [1.165, 1.54) is 0 Å². The number of carbonyl (C=O) groups is 1. The first-order valence-electron chi connectivity index (χ1n) is 4.66. The van der Waals surface area contributed by atoms with Gasteiger partial charge in [-0.2, -0.15) is 0 Å². The van der Waals surface area contributed by atoms with Crippen molar-refractivity contribution in [2.75, 3.05) is 18.4 Å². The summed E-state index contributed by atoms with van der Waals surface area (Å²) in [6.07, 6.45) is 1.66. The van der Waals surface area contributed by atoms with Crippen molar-refractivity contribution < 1.29 is 4.79 Å². The third-order valence-electron chi connectivity index (χ3n) is 1.80. The summed E-state index contributed by atoms with van der Waals surface area (Å²) in [5, 5.41) is 5.68. The molecule has 0 aliphatic heterocycles. The fourth-order valence-electron chi connectivity index (χ4n) is 1.03. The molecule has 1 rings (SSSR count). The summed E-state index contributed by atoms with van der Waals surface area (Å²) in [7, 11) is 0. The Balaban J connectivity index is 2.52. The molecule has 0 unspecified atom stereocenters. The Morgan fingerprint density at radius 2 is 2.36 bits per heavy atom. The highest BCUT2D eigenvalue weighted by atomic mass is 16.1. The smallest absolute Gasteiger partial charge is 0.239 e. The fraction of sp³-hybridized carbons (Fsp3) is 0.400. The molecule has 0 spiro atoms. The number of aromatic nitrogens is 1. The van der Waals surface area contributed by atoms with Gasteiger partial charge in [0, 0.05) is 6.20 Å². The lowest BCUT2D eigenvalue weighted by Gasteiger charge is -2.06. The second-order valence-electron chi connectivity index (χ2n) is 3.00. The number of aryl methyl sites for hydroxylation is 1. The van der Waals surface area contributed by atoms with Gasteiger partial charge in [0.05, 0.1) is 6.54 Å². The molecule has 0 aliphatic carbocycles. The summed E-state index contributed by atoms with van der Waals surface area (Å²) in [6, 6.07) is 3.76. The number of hydrogen-bond acceptors (Lipinski definition) is 3. The number of likely N-dealkylation sites (N-methyl/N-ethyl adjacent to an activating group) is 1. The lowest BCUT2D eigenvalue weighted by Crippen LogP contribution is -2.28. The Bertz CT molecular complexity index is 312. The number of nitrogens with zero attached hydrogens (tertiary/aromatic N) is 1. The fourth-order valence-corrected chi connectivity index (χ4v) is 1.03. The number of anilines is 1. The van der Waals surface area contributed by atoms with Crippen LogP contribution in [-0.2, 0) is 4.79 Å². The van der Waals surface area contributed by atoms with E-state index in [0.29, 0.717) is 12.4 Å². The molecule has 0 atom stereocenters. The SMILES string of the molecule is CCNCC(=O)Nc1ncccc1C. The molecule has 0 bridgehead atoms. The first-order chi connectivity index (χ1) is 6.74. The molecule has 0 radical (unpaired) electrons. The molecule has 0 fully saturated rings. The minimum absolute atomic E-state index is 0.0614. The molecule has 2 N–H and O–H groups in total. The molecule has 76 valence electrons. The van der Waals surface area contributed by atoms with Gasteiger partial charge in [0.25, 0.3) is 0 Å². The third-order valence-corrected chi connectivity index (χ3v) is 1.80. The van der Waals surface area contributed by atoms with Crippen LogP contribution in [0.25, 0.3) is 0 Å². The van der Waals surface area contributed by atoms with Gasteiger partial charge in [0.15, 0.2) is 0 Å². The van der Waals surface area contributed by atoms with Gasteiger partial charge in [-0.25, -0.2) is 4.98 Å². The van der Waals surface area contributed by atoms with Crippen molar-refractivity contribution in [2.45, 2.75) is 13.8 Å². The predicted molar refractivity (Wildman–Crippen MR) is 56.1 cm³/mol. The summed E-state index contributed by atoms with van der Waals surface area (Å²) in [6.45, 7) is 4.98. The van der Waals surface area contributed by atoms with Gasteiger partial charge in [-0.15, -0.1) is 0 Å². The standard InChI is InChI=1S/C10H15N3O/c1-3-11-7-9(14)13-10-8(2)5-4-6-12-10/h4-6,11H,3,7H2,1-2H3,(H,12,13,14). The van der Waals surface area contributed by atoms with E-state index in [1.54, 1.807) is 6.20 Å². The van der Waals surface area contributed by atoms with Crippen LogP contribution in [0.3, 0.4) is 0 Å². The maximum atomic E-state index is 11.3. The van der Waals surface area contributed by atoms with E-state index in [-0.39, 0.29) is 5.91 Å². The summed E-state index contributed by atoms with van der Waals surface area (Å²) < 4.78 is 0. The molecular weight excluding hydrogens is 178 g/mol. The third kappa shape index (κ3) is 3.14. The molecule has 4 nitrogen and oxygen atoms in total. The molecule has 0 saturated heterocycles. The maximum absolute atomic E-state index is 11.3. The molecule has 1 aromatic heterocycles. The van der Waals surface area contributed by atoms with E-state index >= 15 is 0 Å². The van der Waals surface area contributed by atoms with Crippen LogP contribution in [-0.4, -0.2) is 24.0 Å². The summed E-state index contributed by atoms with van der Waals surface area (Å²) >= 11 is 0. The summed E-state index contributed by atoms with van der Waals surface area (Å²) in [5.41, 5.74) is 0.970. The van der Waals surface area contributed by atoms with Crippen molar-refractivity contribution in [3.05, 3.63) is 23.9 Å². The van der Waals surface area contributed by atoms with Gasteiger partial charge in [-0.3, -0.25) is 4.79 Å². The van der Waals surface area contributed by atoms with E-state index in [0.717, 1.165) is 12.1 Å². The molecule has 0 aliphatic rings. The normalized spacial score (nSPS) is 9.86. The van der Waals surface area contributed by atoms with E-state index in [1.807, 2.05) is 26.0 Å². The zero-order valence-electron chi connectivity index (χ0n) is 8.50. The second kappa shape index (κ2) is 5.34. The minimum atomic E-state index is -0.0614. The topological polar surface area (TPSA) is 54.0 Å². The predicted octanol–water partition coefficient (Wildman–Crippen LogP) is 0.938. The van der Waals surface area contributed by atoms with Gasteiger partial charge >= 0.3 is 0 Å². The quantitative estimate of drug-likeness (QED) is 0.748. The van der Waals surface area contributed by atoms with Crippen LogP contribution < -0.4 is 10.6 Å². The van der Waals surface area contributed by atoms with E-state index in [4.69, 9.17) is 0 Å². The first-order valence-corrected chi connectivity index (χ1v) is 4.66. The van der Waals surface area contributed by atoms with Crippen LogP contribution in [0.1, 0.15) is 12.5 Å². The molecule has 0 saturated carbocycles. The van der Waals surface area contributed by atoms with Crippen molar-refractivity contribution in [3.8, 4) is 0 Å². The van der Waals surface area contributed by atoms with Crippen LogP contribution in [0.4, 0.5) is 5.82 Å². The van der Waals surface area contributed by atoms with E-state index < -0.39 is 0 Å². The highest BCUT2D eigenvalue weighted by Gasteiger charge is 2.03. The van der Waals surface area contributed by atoms with Crippen LogP contribution in [0.15, 0.2) is 18.3 Å². The molecule has 1 aromatic rings. The van der Waals surface area contributed by atoms with Crippen molar-refractivity contribution in [1.29, 1.82) is 0 Å². The molecule has 14 heavy (non-hydrogen) atoms.